The first-order chi connectivity index (χ1) is 28.0. The molecule has 3 aliphatic rings. The normalized spacial score (nSPS) is 18.7. The van der Waals surface area contributed by atoms with Crippen molar-refractivity contribution in [1.29, 1.82) is 5.26 Å². The molecular formula is C45H44F2N6O5. The van der Waals surface area contributed by atoms with Crippen molar-refractivity contribution in [2.45, 2.75) is 65.3 Å². The largest absolute Gasteiger partial charge is 0.480 e. The minimum atomic E-state index is -3.07. The number of carboxylic acids is 1. The van der Waals surface area contributed by atoms with Gasteiger partial charge in [0.25, 0.3) is 0 Å². The fourth-order valence-electron chi connectivity index (χ4n) is 9.34. The molecule has 3 fully saturated rings. The van der Waals surface area contributed by atoms with Crippen LogP contribution in [0.5, 0.6) is 5.75 Å². The molecule has 11 nitrogen and oxygen atoms in total. The Hall–Kier alpha value is -5.68. The van der Waals surface area contributed by atoms with E-state index in [1.54, 1.807) is 11.0 Å². The average Bonchev–Trinajstić information content (AvgIpc) is 3.94. The summed E-state index contributed by atoms with van der Waals surface area (Å²) in [5, 5.41) is 19.8. The number of aromatic nitrogens is 2. The van der Waals surface area contributed by atoms with Gasteiger partial charge >= 0.3 is 12.6 Å². The lowest BCUT2D eigenvalue weighted by molar-refractivity contribution is -0.142. The fraction of sp³-hybridized carbons (Fsp3) is 0.378. The number of carboxylic acid groups (broad SMARTS) is 1. The molecule has 9 rings (SSSR count). The second kappa shape index (κ2) is 14.9. The molecule has 5 heterocycles. The van der Waals surface area contributed by atoms with Crippen molar-refractivity contribution in [1.82, 2.24) is 24.7 Å². The zero-order valence-electron chi connectivity index (χ0n) is 32.7. The highest BCUT2D eigenvalue weighted by Crippen LogP contribution is 2.42. The van der Waals surface area contributed by atoms with Crippen molar-refractivity contribution < 1.29 is 32.3 Å². The topological polar surface area (TPSA) is 132 Å². The van der Waals surface area contributed by atoms with Gasteiger partial charge in [-0.3, -0.25) is 14.6 Å². The highest BCUT2D eigenvalue weighted by atomic mass is 19.3. The number of carbonyl (C=O) groups is 1. The number of piperidine rings is 1. The number of aliphatic carboxylic acids is 1. The second-order valence-corrected chi connectivity index (χ2v) is 16.3. The van der Waals surface area contributed by atoms with Gasteiger partial charge in [-0.05, 0) is 130 Å². The van der Waals surface area contributed by atoms with Gasteiger partial charge in [0.1, 0.15) is 28.9 Å². The van der Waals surface area contributed by atoms with Crippen LogP contribution in [-0.4, -0.2) is 88.2 Å². The second-order valence-electron chi connectivity index (χ2n) is 16.3. The highest BCUT2D eigenvalue weighted by Gasteiger charge is 2.44. The van der Waals surface area contributed by atoms with Crippen molar-refractivity contribution >= 4 is 28.2 Å². The summed E-state index contributed by atoms with van der Waals surface area (Å²) in [6, 6.07) is 20.5. The first-order valence-corrected chi connectivity index (χ1v) is 19.8. The number of hydrogen-bond acceptors (Lipinski definition) is 10. The third-order valence-corrected chi connectivity index (χ3v) is 12.5. The van der Waals surface area contributed by atoms with Crippen LogP contribution < -0.4 is 4.74 Å². The predicted molar refractivity (Wildman–Crippen MR) is 214 cm³/mol. The lowest BCUT2D eigenvalue weighted by atomic mass is 9.72. The van der Waals surface area contributed by atoms with Crippen molar-refractivity contribution in [2.24, 2.45) is 5.41 Å². The SMILES string of the molecule is Cc1c(-c2nc3cc(CN4CCC[C@H]4C(=O)O)c(OC(F)F)cc3o2)cccc1-c1cccc(-c2nc3cc(CN4CC5(CCN(C)CC5)C4)cc(C#N)c3o2)c1C. The first kappa shape index (κ1) is 37.9. The molecule has 0 bridgehead atoms. The molecule has 3 saturated heterocycles. The van der Waals surface area contributed by atoms with E-state index >= 15 is 0 Å². The van der Waals surface area contributed by atoms with Crippen LogP contribution in [-0.2, 0) is 17.9 Å². The van der Waals surface area contributed by atoms with Crippen molar-refractivity contribution in [3.63, 3.8) is 0 Å². The summed E-state index contributed by atoms with van der Waals surface area (Å²) in [6.45, 7) is 6.81. The Morgan fingerprint density at radius 1 is 0.931 bits per heavy atom. The maximum Gasteiger partial charge on any atom is 0.387 e. The molecule has 1 atom stereocenters. The number of fused-ring (bicyclic) bond motifs is 2. The lowest BCUT2D eigenvalue weighted by Crippen LogP contribution is -2.59. The summed E-state index contributed by atoms with van der Waals surface area (Å²) >= 11 is 0. The lowest BCUT2D eigenvalue weighted by Gasteiger charge is -2.54. The minimum absolute atomic E-state index is 0.0754. The summed E-state index contributed by atoms with van der Waals surface area (Å²) in [5.41, 5.74) is 9.45. The molecule has 13 heteroatoms. The van der Waals surface area contributed by atoms with Gasteiger partial charge in [-0.2, -0.15) is 14.0 Å². The third-order valence-electron chi connectivity index (χ3n) is 12.5. The molecule has 3 aliphatic heterocycles. The molecule has 1 N–H and O–H groups in total. The summed E-state index contributed by atoms with van der Waals surface area (Å²) in [6.07, 6.45) is 3.65. The smallest absolute Gasteiger partial charge is 0.387 e. The molecule has 298 valence electrons. The average molecular weight is 787 g/mol. The molecule has 0 saturated carbocycles. The van der Waals surface area contributed by atoms with E-state index in [9.17, 15) is 23.9 Å². The Kier molecular flexibility index (Phi) is 9.74. The van der Waals surface area contributed by atoms with Gasteiger partial charge in [0.15, 0.2) is 11.2 Å². The molecule has 6 aromatic rings. The van der Waals surface area contributed by atoms with Crippen molar-refractivity contribution in [3.05, 3.63) is 88.5 Å². The van der Waals surface area contributed by atoms with Crippen LogP contribution in [0.15, 0.2) is 69.5 Å². The van der Waals surface area contributed by atoms with Crippen LogP contribution in [0.25, 0.3) is 56.2 Å². The summed E-state index contributed by atoms with van der Waals surface area (Å²) < 4.78 is 44.5. The number of halogens is 2. The fourth-order valence-corrected chi connectivity index (χ4v) is 9.34. The van der Waals surface area contributed by atoms with E-state index in [4.69, 9.17) is 23.5 Å². The Morgan fingerprint density at radius 3 is 2.24 bits per heavy atom. The monoisotopic (exact) mass is 786 g/mol. The molecule has 0 amide bonds. The number of hydrogen-bond donors (Lipinski definition) is 1. The molecule has 1 spiro atoms. The van der Waals surface area contributed by atoms with E-state index in [-0.39, 0.29) is 17.9 Å². The van der Waals surface area contributed by atoms with E-state index in [1.165, 1.54) is 18.9 Å². The highest BCUT2D eigenvalue weighted by molar-refractivity contribution is 5.86. The number of ether oxygens (including phenoxy) is 1. The molecular weight excluding hydrogens is 743 g/mol. The minimum Gasteiger partial charge on any atom is -0.480 e. The van der Waals surface area contributed by atoms with Gasteiger partial charge in [-0.25, -0.2) is 9.97 Å². The number of nitriles is 1. The van der Waals surface area contributed by atoms with Crippen LogP contribution in [0, 0.1) is 30.6 Å². The number of alkyl halides is 2. The van der Waals surface area contributed by atoms with Crippen LogP contribution >= 0.6 is 0 Å². The Morgan fingerprint density at radius 2 is 1.59 bits per heavy atom. The number of nitrogens with zero attached hydrogens (tertiary/aromatic N) is 6. The molecule has 0 radical (unpaired) electrons. The van der Waals surface area contributed by atoms with Gasteiger partial charge in [0, 0.05) is 48.9 Å². The molecule has 58 heavy (non-hydrogen) atoms. The van der Waals surface area contributed by atoms with Crippen molar-refractivity contribution in [2.75, 3.05) is 39.8 Å². The van der Waals surface area contributed by atoms with Gasteiger partial charge in [-0.15, -0.1) is 0 Å². The van der Waals surface area contributed by atoms with Crippen LogP contribution in [0.2, 0.25) is 0 Å². The van der Waals surface area contributed by atoms with E-state index in [2.05, 4.69) is 22.9 Å². The van der Waals surface area contributed by atoms with Gasteiger partial charge in [-0.1, -0.05) is 24.3 Å². The van der Waals surface area contributed by atoms with Gasteiger partial charge < -0.3 is 23.6 Å². The maximum absolute atomic E-state index is 13.5. The molecule has 0 unspecified atom stereocenters. The molecule has 4 aromatic carbocycles. The van der Waals surface area contributed by atoms with Crippen LogP contribution in [0.4, 0.5) is 8.78 Å². The Labute approximate surface area is 334 Å². The zero-order chi connectivity index (χ0) is 40.3. The number of likely N-dealkylation sites (tertiary alicyclic amines) is 3. The summed E-state index contributed by atoms with van der Waals surface area (Å²) in [4.78, 5) is 28.1. The van der Waals surface area contributed by atoms with E-state index < -0.39 is 18.6 Å². The van der Waals surface area contributed by atoms with Gasteiger partial charge in [0.05, 0.1) is 5.56 Å². The van der Waals surface area contributed by atoms with E-state index in [1.807, 2.05) is 62.4 Å². The van der Waals surface area contributed by atoms with Crippen LogP contribution in [0.3, 0.4) is 0 Å². The zero-order valence-corrected chi connectivity index (χ0v) is 32.7. The Bertz CT molecular complexity index is 2600. The number of rotatable bonds is 10. The number of benzene rings is 4. The first-order valence-electron chi connectivity index (χ1n) is 19.8. The standard InChI is InChI=1S/C45H44F2N6O5/c1-26-31(7-4-9-33(26)41-49-35-19-30(23-53-14-6-11-37(53)43(54)55)38(57-44(46)47)20-39(35)56-41)32-8-5-10-34(27(32)2)42-50-36-18-28(17-29(21-48)40(36)58-42)22-52-24-45(25-52)12-15-51(3)16-13-45/h4-5,7-10,17-20,37,44H,6,11-16,22-25H2,1-3H3,(H,54,55)/t37-/m0/s1. The summed E-state index contributed by atoms with van der Waals surface area (Å²) in [5.74, 6) is -0.268. The summed E-state index contributed by atoms with van der Waals surface area (Å²) in [7, 11) is 2.19. The predicted octanol–water partition coefficient (Wildman–Crippen LogP) is 8.64. The Balaban J connectivity index is 1.00. The number of oxazole rings is 2. The molecule has 0 aliphatic carbocycles. The molecule has 2 aromatic heterocycles. The third kappa shape index (κ3) is 6.99. The maximum atomic E-state index is 13.5. The van der Waals surface area contributed by atoms with E-state index in [0.29, 0.717) is 64.3 Å². The van der Waals surface area contributed by atoms with Crippen LogP contribution in [0.1, 0.15) is 53.5 Å². The van der Waals surface area contributed by atoms with Crippen molar-refractivity contribution in [3.8, 4) is 45.9 Å². The van der Waals surface area contributed by atoms with E-state index in [0.717, 1.165) is 71.7 Å². The van der Waals surface area contributed by atoms with Gasteiger partial charge in [0.2, 0.25) is 11.8 Å². The quantitative estimate of drug-likeness (QED) is 0.143.